The zero-order chi connectivity index (χ0) is 11.5. The molecule has 0 radical (unpaired) electrons. The van der Waals surface area contributed by atoms with Crippen LogP contribution in [0.15, 0.2) is 47.4 Å². The van der Waals surface area contributed by atoms with Gasteiger partial charge in [0.1, 0.15) is 0 Å². The zero-order valence-corrected chi connectivity index (χ0v) is 10.5. The molecule has 0 nitrogen and oxygen atoms in total. The highest BCUT2D eigenvalue weighted by Gasteiger charge is 1.97. The van der Waals surface area contributed by atoms with Crippen molar-refractivity contribution in [1.82, 2.24) is 0 Å². The first-order valence-corrected chi connectivity index (χ1v) is 5.88. The summed E-state index contributed by atoms with van der Waals surface area (Å²) in [6, 6.07) is 14.9. The van der Waals surface area contributed by atoms with Crippen molar-refractivity contribution in [3.8, 4) is 0 Å². The van der Waals surface area contributed by atoms with Crippen LogP contribution in [0, 0.1) is 13.8 Å². The fourth-order valence-corrected chi connectivity index (χ4v) is 1.97. The zero-order valence-electron chi connectivity index (χ0n) is 9.66. The van der Waals surface area contributed by atoms with Crippen LogP contribution in [0.1, 0.15) is 22.3 Å². The SMILES string of the molecule is Cc1ccc(Cc2cc(C)ccc2[S-])cc1. The Morgan fingerprint density at radius 3 is 2.19 bits per heavy atom. The van der Waals surface area contributed by atoms with Crippen LogP contribution in [-0.4, -0.2) is 0 Å². The van der Waals surface area contributed by atoms with Crippen molar-refractivity contribution in [3.63, 3.8) is 0 Å². The number of benzene rings is 2. The highest BCUT2D eigenvalue weighted by Crippen LogP contribution is 2.16. The molecular formula is C15H15S-. The van der Waals surface area contributed by atoms with Crippen molar-refractivity contribution < 1.29 is 0 Å². The molecule has 2 rings (SSSR count). The van der Waals surface area contributed by atoms with Gasteiger partial charge in [0.25, 0.3) is 0 Å². The minimum atomic E-state index is 0.931. The molecule has 0 aliphatic heterocycles. The summed E-state index contributed by atoms with van der Waals surface area (Å²) < 4.78 is 0. The molecule has 0 amide bonds. The fraction of sp³-hybridized carbons (Fsp3) is 0.200. The molecule has 0 spiro atoms. The van der Waals surface area contributed by atoms with Crippen molar-refractivity contribution in [2.24, 2.45) is 0 Å². The molecule has 0 aliphatic carbocycles. The maximum absolute atomic E-state index is 5.34. The minimum absolute atomic E-state index is 0.931. The number of rotatable bonds is 2. The molecule has 0 aromatic heterocycles. The van der Waals surface area contributed by atoms with Crippen LogP contribution in [-0.2, 0) is 19.0 Å². The first kappa shape index (κ1) is 11.2. The van der Waals surface area contributed by atoms with E-state index in [1.165, 1.54) is 22.3 Å². The van der Waals surface area contributed by atoms with Crippen LogP contribution >= 0.6 is 0 Å². The molecular weight excluding hydrogens is 212 g/mol. The van der Waals surface area contributed by atoms with Gasteiger partial charge in [-0.1, -0.05) is 59.2 Å². The van der Waals surface area contributed by atoms with Crippen molar-refractivity contribution >= 4 is 12.6 Å². The summed E-state index contributed by atoms with van der Waals surface area (Å²) in [6.07, 6.45) is 0.931. The Labute approximate surface area is 103 Å². The molecule has 0 fully saturated rings. The van der Waals surface area contributed by atoms with Gasteiger partial charge >= 0.3 is 0 Å². The van der Waals surface area contributed by atoms with E-state index >= 15 is 0 Å². The maximum atomic E-state index is 5.34. The standard InChI is InChI=1S/C15H16S/c1-11-3-6-13(7-4-11)10-14-9-12(2)5-8-15(14)16/h3-9,16H,10H2,1-2H3/p-1. The Kier molecular flexibility index (Phi) is 3.25. The summed E-state index contributed by atoms with van der Waals surface area (Å²) in [7, 11) is 0. The van der Waals surface area contributed by atoms with Gasteiger partial charge < -0.3 is 12.6 Å². The van der Waals surface area contributed by atoms with Crippen LogP contribution in [0.2, 0.25) is 0 Å². The second-order valence-electron chi connectivity index (χ2n) is 4.27. The minimum Gasteiger partial charge on any atom is -0.779 e. The van der Waals surface area contributed by atoms with E-state index in [1.54, 1.807) is 0 Å². The van der Waals surface area contributed by atoms with Gasteiger partial charge in [-0.3, -0.25) is 0 Å². The molecule has 1 heteroatoms. The second kappa shape index (κ2) is 4.67. The fourth-order valence-electron chi connectivity index (χ4n) is 1.77. The van der Waals surface area contributed by atoms with E-state index in [0.717, 1.165) is 11.3 Å². The Hall–Kier alpha value is -1.34. The van der Waals surface area contributed by atoms with Gasteiger partial charge in [0.2, 0.25) is 0 Å². The van der Waals surface area contributed by atoms with Gasteiger partial charge in [-0.2, -0.15) is 4.90 Å². The molecule has 0 atom stereocenters. The first-order chi connectivity index (χ1) is 7.65. The van der Waals surface area contributed by atoms with E-state index in [2.05, 4.69) is 50.2 Å². The molecule has 0 bridgehead atoms. The summed E-state index contributed by atoms with van der Waals surface area (Å²) in [6.45, 7) is 4.21. The highest BCUT2D eigenvalue weighted by atomic mass is 32.1. The molecule has 0 saturated carbocycles. The van der Waals surface area contributed by atoms with E-state index in [-0.39, 0.29) is 0 Å². The summed E-state index contributed by atoms with van der Waals surface area (Å²) >= 11 is 5.34. The van der Waals surface area contributed by atoms with Crippen LogP contribution in [0.3, 0.4) is 0 Å². The Morgan fingerprint density at radius 2 is 1.50 bits per heavy atom. The molecule has 0 aliphatic rings. The first-order valence-electron chi connectivity index (χ1n) is 5.47. The molecule has 16 heavy (non-hydrogen) atoms. The number of hydrogen-bond donors (Lipinski definition) is 0. The predicted octanol–water partition coefficient (Wildman–Crippen LogP) is 3.80. The summed E-state index contributed by atoms with van der Waals surface area (Å²) in [5, 5.41) is 0. The second-order valence-corrected chi connectivity index (χ2v) is 4.71. The summed E-state index contributed by atoms with van der Waals surface area (Å²) in [4.78, 5) is 0.964. The van der Waals surface area contributed by atoms with Crippen LogP contribution < -0.4 is 0 Å². The normalized spacial score (nSPS) is 10.4. The molecule has 82 valence electrons. The Bertz CT molecular complexity index is 483. The van der Waals surface area contributed by atoms with E-state index in [1.807, 2.05) is 6.07 Å². The third kappa shape index (κ3) is 2.61. The average molecular weight is 227 g/mol. The van der Waals surface area contributed by atoms with Gasteiger partial charge in [-0.05, 0) is 25.8 Å². The van der Waals surface area contributed by atoms with E-state index in [4.69, 9.17) is 12.6 Å². The Morgan fingerprint density at radius 1 is 0.875 bits per heavy atom. The number of aryl methyl sites for hydroxylation is 2. The maximum Gasteiger partial charge on any atom is -0.00405 e. The third-order valence-corrected chi connectivity index (χ3v) is 3.13. The molecule has 2 aromatic carbocycles. The van der Waals surface area contributed by atoms with E-state index in [0.29, 0.717) is 0 Å². The summed E-state index contributed by atoms with van der Waals surface area (Å²) in [5.74, 6) is 0. The van der Waals surface area contributed by atoms with Crippen molar-refractivity contribution in [2.75, 3.05) is 0 Å². The predicted molar refractivity (Wildman–Crippen MR) is 70.8 cm³/mol. The number of hydrogen-bond acceptors (Lipinski definition) is 1. The van der Waals surface area contributed by atoms with Crippen LogP contribution in [0.5, 0.6) is 0 Å². The average Bonchev–Trinajstić information content (AvgIpc) is 2.27. The van der Waals surface area contributed by atoms with Crippen molar-refractivity contribution in [2.45, 2.75) is 25.2 Å². The quantitative estimate of drug-likeness (QED) is 0.703. The van der Waals surface area contributed by atoms with Crippen molar-refractivity contribution in [1.29, 1.82) is 0 Å². The summed E-state index contributed by atoms with van der Waals surface area (Å²) in [5.41, 5.74) is 5.14. The largest absolute Gasteiger partial charge is 0.779 e. The Balaban J connectivity index is 2.26. The molecule has 0 N–H and O–H groups in total. The van der Waals surface area contributed by atoms with Gasteiger partial charge in [0.05, 0.1) is 0 Å². The van der Waals surface area contributed by atoms with Gasteiger partial charge in [-0.25, -0.2) is 0 Å². The van der Waals surface area contributed by atoms with Gasteiger partial charge in [0.15, 0.2) is 0 Å². The van der Waals surface area contributed by atoms with Crippen LogP contribution in [0.25, 0.3) is 0 Å². The monoisotopic (exact) mass is 227 g/mol. The van der Waals surface area contributed by atoms with Crippen LogP contribution in [0.4, 0.5) is 0 Å². The lowest BCUT2D eigenvalue weighted by Crippen LogP contribution is -1.92. The topological polar surface area (TPSA) is 0 Å². The molecule has 0 unspecified atom stereocenters. The lowest BCUT2D eigenvalue weighted by atomic mass is 10.0. The van der Waals surface area contributed by atoms with E-state index in [9.17, 15) is 0 Å². The lowest BCUT2D eigenvalue weighted by molar-refractivity contribution is 1.12. The lowest BCUT2D eigenvalue weighted by Gasteiger charge is -2.14. The van der Waals surface area contributed by atoms with E-state index < -0.39 is 0 Å². The molecule has 0 heterocycles. The molecule has 2 aromatic rings. The van der Waals surface area contributed by atoms with Gasteiger partial charge in [0, 0.05) is 0 Å². The highest BCUT2D eigenvalue weighted by molar-refractivity contribution is 7.58. The molecule has 0 saturated heterocycles. The third-order valence-electron chi connectivity index (χ3n) is 2.73. The van der Waals surface area contributed by atoms with Crippen molar-refractivity contribution in [3.05, 3.63) is 64.7 Å². The van der Waals surface area contributed by atoms with Gasteiger partial charge in [-0.15, -0.1) is 0 Å². The smallest absolute Gasteiger partial charge is 0.00405 e.